The van der Waals surface area contributed by atoms with Crippen LogP contribution in [0.3, 0.4) is 0 Å². The average Bonchev–Trinajstić information content (AvgIpc) is 2.80. The van der Waals surface area contributed by atoms with E-state index >= 15 is 0 Å². The summed E-state index contributed by atoms with van der Waals surface area (Å²) in [7, 11) is 0. The molecule has 1 heterocycles. The molecule has 1 atom stereocenters. The van der Waals surface area contributed by atoms with E-state index in [1.54, 1.807) is 0 Å². The number of nitrogens with zero attached hydrogens (tertiary/aromatic N) is 2. The highest BCUT2D eigenvalue weighted by Gasteiger charge is 2.19. The molecule has 3 nitrogen and oxygen atoms in total. The van der Waals surface area contributed by atoms with Crippen LogP contribution in [0.4, 0.5) is 0 Å². The van der Waals surface area contributed by atoms with Crippen molar-refractivity contribution in [1.29, 1.82) is 0 Å². The van der Waals surface area contributed by atoms with Crippen LogP contribution in [0.1, 0.15) is 63.5 Å². The van der Waals surface area contributed by atoms with Gasteiger partial charge in [0.15, 0.2) is 0 Å². The Hall–Kier alpha value is -0.480. The Labute approximate surface area is 122 Å². The second-order valence-electron chi connectivity index (χ2n) is 4.80. The third-order valence-electron chi connectivity index (χ3n) is 3.52. The van der Waals surface area contributed by atoms with Crippen LogP contribution in [0, 0.1) is 0 Å². The fourth-order valence-corrected chi connectivity index (χ4v) is 3.10. The summed E-state index contributed by atoms with van der Waals surface area (Å²) in [4.78, 5) is 0. The molecule has 110 valence electrons. The molecule has 0 saturated carbocycles. The van der Waals surface area contributed by atoms with Gasteiger partial charge in [-0.3, -0.25) is 4.68 Å². The third kappa shape index (κ3) is 4.25. The molecule has 0 aliphatic heterocycles. The predicted octanol–water partition coefficient (Wildman–Crippen LogP) is 3.56. The number of nitrogens with two attached hydrogens (primary N) is 1. The summed E-state index contributed by atoms with van der Waals surface area (Å²) in [5.41, 5.74) is 10.2. The van der Waals surface area contributed by atoms with Crippen molar-refractivity contribution >= 4 is 11.8 Å². The molecule has 0 spiro atoms. The van der Waals surface area contributed by atoms with E-state index in [1.165, 1.54) is 34.9 Å². The Morgan fingerprint density at radius 3 is 2.47 bits per heavy atom. The zero-order chi connectivity index (χ0) is 14.3. The van der Waals surface area contributed by atoms with Crippen LogP contribution in [0.25, 0.3) is 0 Å². The molecule has 0 saturated heterocycles. The first kappa shape index (κ1) is 16.6. The quantitative estimate of drug-likeness (QED) is 0.705. The summed E-state index contributed by atoms with van der Waals surface area (Å²) in [6, 6.07) is 0.142. The van der Waals surface area contributed by atoms with Crippen LogP contribution in [-0.4, -0.2) is 21.3 Å². The maximum atomic E-state index is 6.28. The Morgan fingerprint density at radius 1 is 1.21 bits per heavy atom. The second-order valence-corrected chi connectivity index (χ2v) is 6.20. The summed E-state index contributed by atoms with van der Waals surface area (Å²) in [5.74, 6) is 2.42. The van der Waals surface area contributed by atoms with Gasteiger partial charge in [0, 0.05) is 23.8 Å². The van der Waals surface area contributed by atoms with E-state index in [9.17, 15) is 0 Å². The largest absolute Gasteiger partial charge is 0.324 e. The van der Waals surface area contributed by atoms with Crippen LogP contribution in [0.2, 0.25) is 0 Å². The van der Waals surface area contributed by atoms with E-state index in [1.807, 2.05) is 11.8 Å². The first-order valence-corrected chi connectivity index (χ1v) is 8.76. The standard InChI is InChI=1S/C15H29N3S/c1-5-12(16)15-13(6-2)17-18(14(15)7-3)10-9-11-19-8-4/h12H,5-11,16H2,1-4H3. The van der Waals surface area contributed by atoms with Crippen molar-refractivity contribution in [1.82, 2.24) is 9.78 Å². The molecule has 0 bridgehead atoms. The number of aromatic nitrogens is 2. The van der Waals surface area contributed by atoms with E-state index in [-0.39, 0.29) is 6.04 Å². The molecule has 0 aromatic carbocycles. The molecular weight excluding hydrogens is 254 g/mol. The van der Waals surface area contributed by atoms with E-state index < -0.39 is 0 Å². The minimum Gasteiger partial charge on any atom is -0.324 e. The number of rotatable bonds is 9. The molecule has 1 rings (SSSR count). The molecule has 19 heavy (non-hydrogen) atoms. The van der Waals surface area contributed by atoms with Crippen LogP contribution < -0.4 is 5.73 Å². The molecule has 1 aromatic rings. The number of hydrogen-bond acceptors (Lipinski definition) is 3. The van der Waals surface area contributed by atoms with Crippen molar-refractivity contribution in [2.45, 2.75) is 66.0 Å². The van der Waals surface area contributed by atoms with Gasteiger partial charge in [0.05, 0.1) is 5.69 Å². The van der Waals surface area contributed by atoms with E-state index in [4.69, 9.17) is 10.8 Å². The van der Waals surface area contributed by atoms with Crippen LogP contribution in [-0.2, 0) is 19.4 Å². The van der Waals surface area contributed by atoms with Gasteiger partial charge in [-0.15, -0.1) is 0 Å². The van der Waals surface area contributed by atoms with Crippen molar-refractivity contribution in [3.63, 3.8) is 0 Å². The Bertz CT molecular complexity index is 374. The summed E-state index contributed by atoms with van der Waals surface area (Å²) >= 11 is 2.00. The fourth-order valence-electron chi connectivity index (χ4n) is 2.48. The highest BCUT2D eigenvalue weighted by Crippen LogP contribution is 2.24. The molecular formula is C15H29N3S. The van der Waals surface area contributed by atoms with Crippen LogP contribution in [0.5, 0.6) is 0 Å². The van der Waals surface area contributed by atoms with Gasteiger partial charge < -0.3 is 5.73 Å². The molecule has 0 aliphatic carbocycles. The molecule has 0 radical (unpaired) electrons. The normalized spacial score (nSPS) is 12.9. The second kappa shape index (κ2) is 8.64. The third-order valence-corrected chi connectivity index (χ3v) is 4.50. The Kier molecular flexibility index (Phi) is 7.54. The van der Waals surface area contributed by atoms with Gasteiger partial charge in [0.2, 0.25) is 0 Å². The zero-order valence-electron chi connectivity index (χ0n) is 12.9. The lowest BCUT2D eigenvalue weighted by Crippen LogP contribution is -2.13. The lowest BCUT2D eigenvalue weighted by molar-refractivity contribution is 0.571. The summed E-state index contributed by atoms with van der Waals surface area (Å²) in [6.45, 7) is 9.77. The molecule has 0 amide bonds. The maximum Gasteiger partial charge on any atom is 0.0672 e. The summed E-state index contributed by atoms with van der Waals surface area (Å²) in [5, 5.41) is 4.79. The maximum absolute atomic E-state index is 6.28. The zero-order valence-corrected chi connectivity index (χ0v) is 13.7. The predicted molar refractivity (Wildman–Crippen MR) is 85.8 cm³/mol. The summed E-state index contributed by atoms with van der Waals surface area (Å²) in [6.07, 6.45) is 4.18. The van der Waals surface area contributed by atoms with Gasteiger partial charge in [-0.25, -0.2) is 0 Å². The van der Waals surface area contributed by atoms with Crippen molar-refractivity contribution in [2.24, 2.45) is 5.73 Å². The van der Waals surface area contributed by atoms with Gasteiger partial charge in [-0.1, -0.05) is 27.7 Å². The fraction of sp³-hybridized carbons (Fsp3) is 0.800. The lowest BCUT2D eigenvalue weighted by atomic mass is 10.00. The topological polar surface area (TPSA) is 43.8 Å². The van der Waals surface area contributed by atoms with Crippen molar-refractivity contribution in [3.05, 3.63) is 17.0 Å². The molecule has 0 aliphatic rings. The molecule has 2 N–H and O–H groups in total. The number of aryl methyl sites for hydroxylation is 2. The highest BCUT2D eigenvalue weighted by atomic mass is 32.2. The SMILES string of the molecule is CCSCCCn1nc(CC)c(C(N)CC)c1CC. The van der Waals surface area contributed by atoms with Crippen molar-refractivity contribution in [3.8, 4) is 0 Å². The Morgan fingerprint density at radius 2 is 1.95 bits per heavy atom. The van der Waals surface area contributed by atoms with Crippen molar-refractivity contribution < 1.29 is 0 Å². The van der Waals surface area contributed by atoms with Gasteiger partial charge >= 0.3 is 0 Å². The van der Waals surface area contributed by atoms with Gasteiger partial charge in [0.25, 0.3) is 0 Å². The van der Waals surface area contributed by atoms with Gasteiger partial charge in [0.1, 0.15) is 0 Å². The molecule has 1 unspecified atom stereocenters. The average molecular weight is 283 g/mol. The molecule has 0 fully saturated rings. The Balaban J connectivity index is 2.88. The first-order valence-electron chi connectivity index (χ1n) is 7.61. The number of thioether (sulfide) groups is 1. The van der Waals surface area contributed by atoms with Gasteiger partial charge in [-0.2, -0.15) is 16.9 Å². The van der Waals surface area contributed by atoms with E-state index in [0.717, 1.165) is 25.8 Å². The number of hydrogen-bond donors (Lipinski definition) is 1. The van der Waals surface area contributed by atoms with Crippen LogP contribution >= 0.6 is 11.8 Å². The first-order chi connectivity index (χ1) is 9.19. The smallest absolute Gasteiger partial charge is 0.0672 e. The van der Waals surface area contributed by atoms with E-state index in [2.05, 4.69) is 32.4 Å². The van der Waals surface area contributed by atoms with Crippen molar-refractivity contribution in [2.75, 3.05) is 11.5 Å². The summed E-state index contributed by atoms with van der Waals surface area (Å²) < 4.78 is 2.21. The van der Waals surface area contributed by atoms with Crippen LogP contribution in [0.15, 0.2) is 0 Å². The minimum absolute atomic E-state index is 0.142. The monoisotopic (exact) mass is 283 g/mol. The lowest BCUT2D eigenvalue weighted by Gasteiger charge is -2.12. The minimum atomic E-state index is 0.142. The molecule has 4 heteroatoms. The highest BCUT2D eigenvalue weighted by molar-refractivity contribution is 7.99. The van der Waals surface area contributed by atoms with E-state index in [0.29, 0.717) is 0 Å². The molecule has 1 aromatic heterocycles. The van der Waals surface area contributed by atoms with Gasteiger partial charge in [-0.05, 0) is 37.2 Å².